The first-order valence-corrected chi connectivity index (χ1v) is 10.00. The van der Waals surface area contributed by atoms with Gasteiger partial charge in [0.2, 0.25) is 0 Å². The number of amides is 1. The van der Waals surface area contributed by atoms with Crippen LogP contribution in [0.15, 0.2) is 54.9 Å². The summed E-state index contributed by atoms with van der Waals surface area (Å²) in [7, 11) is 1.88. The number of hydrogen-bond donors (Lipinski definition) is 1. The average molecular weight is 419 g/mol. The van der Waals surface area contributed by atoms with Gasteiger partial charge in [0.05, 0.1) is 16.7 Å². The van der Waals surface area contributed by atoms with Gasteiger partial charge in [-0.2, -0.15) is 5.10 Å². The quantitative estimate of drug-likeness (QED) is 0.539. The van der Waals surface area contributed by atoms with E-state index in [4.69, 9.17) is 17.3 Å². The third kappa shape index (κ3) is 3.03. The predicted molar refractivity (Wildman–Crippen MR) is 115 cm³/mol. The van der Waals surface area contributed by atoms with Gasteiger partial charge in [-0.15, -0.1) is 0 Å². The molecule has 0 saturated heterocycles. The van der Waals surface area contributed by atoms with Crippen molar-refractivity contribution in [2.75, 3.05) is 6.54 Å². The lowest BCUT2D eigenvalue weighted by atomic mass is 9.97. The van der Waals surface area contributed by atoms with Crippen molar-refractivity contribution in [2.24, 2.45) is 12.8 Å². The van der Waals surface area contributed by atoms with Crippen molar-refractivity contribution in [3.8, 4) is 11.3 Å². The van der Waals surface area contributed by atoms with E-state index in [0.29, 0.717) is 34.8 Å². The summed E-state index contributed by atoms with van der Waals surface area (Å²) in [6.07, 6.45) is 3.28. The number of nitrogens with zero attached hydrogens (tertiary/aromatic N) is 5. The molecule has 1 atom stereocenters. The molecule has 0 unspecified atom stereocenters. The number of nitrogens with two attached hydrogens (primary N) is 1. The summed E-state index contributed by atoms with van der Waals surface area (Å²) in [5, 5.41) is 5.31. The van der Waals surface area contributed by atoms with E-state index in [1.165, 1.54) is 0 Å². The molecule has 0 bridgehead atoms. The second-order valence-corrected chi connectivity index (χ2v) is 7.74. The Bertz CT molecular complexity index is 1280. The molecule has 0 fully saturated rings. The second-order valence-electron chi connectivity index (χ2n) is 7.30. The van der Waals surface area contributed by atoms with Crippen LogP contribution in [0.2, 0.25) is 5.02 Å². The fourth-order valence-corrected chi connectivity index (χ4v) is 4.27. The summed E-state index contributed by atoms with van der Waals surface area (Å²) in [5.41, 5.74) is 12.2. The fraction of sp³-hybridized carbons (Fsp3) is 0.182. The van der Waals surface area contributed by atoms with Crippen molar-refractivity contribution in [2.45, 2.75) is 12.6 Å². The summed E-state index contributed by atoms with van der Waals surface area (Å²) in [5.74, 6) is -0.143. The number of benzene rings is 2. The third-order valence-corrected chi connectivity index (χ3v) is 5.71. The molecule has 30 heavy (non-hydrogen) atoms. The van der Waals surface area contributed by atoms with E-state index in [1.54, 1.807) is 35.5 Å². The van der Waals surface area contributed by atoms with Crippen LogP contribution in [0.25, 0.3) is 22.3 Å². The SMILES string of the molecule is Cn1nc2c(c1-c1cccc(Cl)c1)CCN(C(=O)c1ccc3nccnc3c1)[C@H]2N. The average Bonchev–Trinajstić information content (AvgIpc) is 3.10. The number of rotatable bonds is 2. The zero-order chi connectivity index (χ0) is 20.8. The summed E-state index contributed by atoms with van der Waals surface area (Å²) < 4.78 is 1.82. The van der Waals surface area contributed by atoms with Crippen molar-refractivity contribution < 1.29 is 4.79 Å². The van der Waals surface area contributed by atoms with E-state index in [2.05, 4.69) is 15.1 Å². The molecule has 0 aliphatic carbocycles. The summed E-state index contributed by atoms with van der Waals surface area (Å²) >= 11 is 6.18. The topological polar surface area (TPSA) is 89.9 Å². The van der Waals surface area contributed by atoms with Gasteiger partial charge in [0.15, 0.2) is 0 Å². The molecule has 8 heteroatoms. The highest BCUT2D eigenvalue weighted by atomic mass is 35.5. The molecule has 0 spiro atoms. The van der Waals surface area contributed by atoms with Crippen molar-refractivity contribution >= 4 is 28.5 Å². The molecule has 3 heterocycles. The van der Waals surface area contributed by atoms with Gasteiger partial charge in [0, 0.05) is 47.7 Å². The zero-order valence-corrected chi connectivity index (χ0v) is 17.0. The van der Waals surface area contributed by atoms with Gasteiger partial charge in [0.25, 0.3) is 5.91 Å². The Morgan fingerprint density at radius 3 is 2.73 bits per heavy atom. The number of halogens is 1. The molecule has 5 rings (SSSR count). The van der Waals surface area contributed by atoms with E-state index in [0.717, 1.165) is 22.3 Å². The highest BCUT2D eigenvalue weighted by Crippen LogP contribution is 2.35. The van der Waals surface area contributed by atoms with Gasteiger partial charge in [-0.3, -0.25) is 19.4 Å². The number of carbonyl (C=O) groups is 1. The first-order valence-electron chi connectivity index (χ1n) is 9.62. The van der Waals surface area contributed by atoms with E-state index in [9.17, 15) is 4.79 Å². The smallest absolute Gasteiger partial charge is 0.255 e. The molecule has 2 aromatic heterocycles. The van der Waals surface area contributed by atoms with Gasteiger partial charge >= 0.3 is 0 Å². The largest absolute Gasteiger partial charge is 0.317 e. The van der Waals surface area contributed by atoms with E-state index in [1.807, 2.05) is 36.0 Å². The minimum atomic E-state index is -0.627. The lowest BCUT2D eigenvalue weighted by Gasteiger charge is -2.32. The maximum atomic E-state index is 13.2. The Kier molecular flexibility index (Phi) is 4.49. The van der Waals surface area contributed by atoms with Crippen LogP contribution in [-0.4, -0.2) is 37.1 Å². The Hall–Kier alpha value is -3.29. The molecule has 1 amide bonds. The van der Waals surface area contributed by atoms with Crippen LogP contribution in [-0.2, 0) is 13.5 Å². The fourth-order valence-electron chi connectivity index (χ4n) is 4.08. The first-order chi connectivity index (χ1) is 14.5. The number of aromatic nitrogens is 4. The Morgan fingerprint density at radius 2 is 1.93 bits per heavy atom. The molecule has 7 nitrogen and oxygen atoms in total. The van der Waals surface area contributed by atoms with Crippen molar-refractivity contribution in [1.29, 1.82) is 0 Å². The van der Waals surface area contributed by atoms with Crippen LogP contribution >= 0.6 is 11.6 Å². The van der Waals surface area contributed by atoms with Gasteiger partial charge in [-0.1, -0.05) is 23.7 Å². The van der Waals surface area contributed by atoms with Crippen LogP contribution < -0.4 is 5.73 Å². The van der Waals surface area contributed by atoms with Gasteiger partial charge in [-0.05, 0) is 36.8 Å². The number of fused-ring (bicyclic) bond motifs is 2. The zero-order valence-electron chi connectivity index (χ0n) is 16.3. The molecule has 0 radical (unpaired) electrons. The normalized spacial score (nSPS) is 16.0. The van der Waals surface area contributed by atoms with Crippen LogP contribution in [0.1, 0.15) is 27.8 Å². The van der Waals surface area contributed by atoms with Crippen molar-refractivity contribution in [3.63, 3.8) is 0 Å². The summed E-state index contributed by atoms with van der Waals surface area (Å²) in [4.78, 5) is 23.4. The van der Waals surface area contributed by atoms with Gasteiger partial charge < -0.3 is 10.6 Å². The van der Waals surface area contributed by atoms with Crippen molar-refractivity contribution in [1.82, 2.24) is 24.6 Å². The van der Waals surface area contributed by atoms with E-state index in [-0.39, 0.29) is 5.91 Å². The lowest BCUT2D eigenvalue weighted by molar-refractivity contribution is 0.0662. The highest BCUT2D eigenvalue weighted by Gasteiger charge is 2.33. The molecule has 150 valence electrons. The first kappa shape index (κ1) is 18.7. The maximum Gasteiger partial charge on any atom is 0.255 e. The van der Waals surface area contributed by atoms with Crippen LogP contribution in [0.4, 0.5) is 0 Å². The minimum absolute atomic E-state index is 0.143. The Balaban J connectivity index is 1.50. The Morgan fingerprint density at radius 1 is 1.13 bits per heavy atom. The molecular weight excluding hydrogens is 400 g/mol. The molecular formula is C22H19ClN6O. The minimum Gasteiger partial charge on any atom is -0.317 e. The molecule has 2 N–H and O–H groups in total. The predicted octanol–water partition coefficient (Wildman–Crippen LogP) is 3.34. The molecule has 1 aliphatic heterocycles. The lowest BCUT2D eigenvalue weighted by Crippen LogP contribution is -2.44. The summed E-state index contributed by atoms with van der Waals surface area (Å²) in [6.45, 7) is 0.505. The van der Waals surface area contributed by atoms with E-state index >= 15 is 0 Å². The highest BCUT2D eigenvalue weighted by molar-refractivity contribution is 6.30. The Labute approximate surface area is 178 Å². The molecule has 0 saturated carbocycles. The standard InChI is InChI=1S/C22H19ClN6O/c1-28-20(13-3-2-4-15(23)11-13)16-7-10-29(21(24)19(16)27-28)22(30)14-5-6-17-18(12-14)26-9-8-25-17/h2-6,8-9,11-12,21H,7,10,24H2,1H3/t21-/m1/s1. The van der Waals surface area contributed by atoms with Gasteiger partial charge in [-0.25, -0.2) is 0 Å². The monoisotopic (exact) mass is 418 g/mol. The van der Waals surface area contributed by atoms with E-state index < -0.39 is 6.17 Å². The number of carbonyl (C=O) groups excluding carboxylic acids is 1. The van der Waals surface area contributed by atoms with Crippen LogP contribution in [0.3, 0.4) is 0 Å². The van der Waals surface area contributed by atoms with Gasteiger partial charge in [0.1, 0.15) is 11.9 Å². The molecule has 4 aromatic rings. The van der Waals surface area contributed by atoms with Crippen LogP contribution in [0.5, 0.6) is 0 Å². The number of aryl methyl sites for hydroxylation is 1. The molecule has 1 aliphatic rings. The number of hydrogen-bond acceptors (Lipinski definition) is 5. The summed E-state index contributed by atoms with van der Waals surface area (Å²) in [6, 6.07) is 13.0. The maximum absolute atomic E-state index is 13.2. The van der Waals surface area contributed by atoms with Crippen molar-refractivity contribution in [3.05, 3.63) is 76.7 Å². The second kappa shape index (κ2) is 7.19. The molecule has 2 aromatic carbocycles. The van der Waals surface area contributed by atoms with Crippen LogP contribution in [0, 0.1) is 0 Å². The third-order valence-electron chi connectivity index (χ3n) is 5.47.